The minimum Gasteiger partial charge on any atom is -0.497 e. The van der Waals surface area contributed by atoms with E-state index in [0.717, 1.165) is 49.8 Å². The van der Waals surface area contributed by atoms with E-state index in [1.165, 1.54) is 0 Å². The predicted octanol–water partition coefficient (Wildman–Crippen LogP) is 3.50. The molecule has 156 valence electrons. The Morgan fingerprint density at radius 2 is 1.83 bits per heavy atom. The molecule has 3 rings (SSSR count). The van der Waals surface area contributed by atoms with Gasteiger partial charge in [-0.1, -0.05) is 23.7 Å². The summed E-state index contributed by atoms with van der Waals surface area (Å²) >= 11 is 6.15. The first kappa shape index (κ1) is 21.4. The highest BCUT2D eigenvalue weighted by molar-refractivity contribution is 6.33. The third-order valence-corrected chi connectivity index (χ3v) is 5.68. The Morgan fingerprint density at radius 3 is 2.48 bits per heavy atom. The molecule has 0 bridgehead atoms. The Kier molecular flexibility index (Phi) is 7.36. The van der Waals surface area contributed by atoms with Crippen LogP contribution in [-0.2, 0) is 11.3 Å². The maximum absolute atomic E-state index is 12.6. The largest absolute Gasteiger partial charge is 0.497 e. The van der Waals surface area contributed by atoms with Crippen LogP contribution in [0.2, 0.25) is 5.02 Å². The van der Waals surface area contributed by atoms with Gasteiger partial charge in [0.05, 0.1) is 31.0 Å². The van der Waals surface area contributed by atoms with Gasteiger partial charge >= 0.3 is 0 Å². The second kappa shape index (κ2) is 9.96. The molecule has 0 aliphatic carbocycles. The minimum absolute atomic E-state index is 0.0407. The molecule has 0 saturated carbocycles. The predicted molar refractivity (Wildman–Crippen MR) is 116 cm³/mol. The summed E-state index contributed by atoms with van der Waals surface area (Å²) in [4.78, 5) is 17.2. The molecular weight excluding hydrogens is 390 g/mol. The number of hydrogen-bond donors (Lipinski definition) is 1. The number of piperazine rings is 1. The topological polar surface area (TPSA) is 54.0 Å². The smallest absolute Gasteiger partial charge is 0.241 e. The van der Waals surface area contributed by atoms with Crippen molar-refractivity contribution in [2.24, 2.45) is 0 Å². The highest BCUT2D eigenvalue weighted by atomic mass is 35.5. The molecule has 1 aliphatic rings. The second-order valence-corrected chi connectivity index (χ2v) is 7.54. The number of benzene rings is 2. The van der Waals surface area contributed by atoms with Crippen LogP contribution in [0.1, 0.15) is 12.5 Å². The maximum atomic E-state index is 12.6. The van der Waals surface area contributed by atoms with E-state index < -0.39 is 0 Å². The van der Waals surface area contributed by atoms with Crippen LogP contribution in [0.25, 0.3) is 0 Å². The lowest BCUT2D eigenvalue weighted by atomic mass is 10.1. The number of carbonyl (C=O) groups is 1. The molecule has 1 fully saturated rings. The molecule has 1 N–H and O–H groups in total. The van der Waals surface area contributed by atoms with Gasteiger partial charge in [-0.05, 0) is 37.3 Å². The minimum atomic E-state index is -0.222. The van der Waals surface area contributed by atoms with E-state index in [-0.39, 0.29) is 11.9 Å². The fourth-order valence-corrected chi connectivity index (χ4v) is 3.70. The zero-order chi connectivity index (χ0) is 20.8. The van der Waals surface area contributed by atoms with Crippen LogP contribution in [0.3, 0.4) is 0 Å². The number of hydrogen-bond acceptors (Lipinski definition) is 5. The Balaban J connectivity index is 1.55. The summed E-state index contributed by atoms with van der Waals surface area (Å²) in [5, 5.41) is 3.48. The third kappa shape index (κ3) is 5.41. The second-order valence-electron chi connectivity index (χ2n) is 7.13. The average molecular weight is 418 g/mol. The van der Waals surface area contributed by atoms with Crippen molar-refractivity contribution in [3.8, 4) is 11.5 Å². The number of nitrogens with zero attached hydrogens (tertiary/aromatic N) is 2. The van der Waals surface area contributed by atoms with Crippen molar-refractivity contribution in [2.45, 2.75) is 19.5 Å². The van der Waals surface area contributed by atoms with E-state index in [1.807, 2.05) is 43.3 Å². The fourth-order valence-electron chi connectivity index (χ4n) is 3.52. The average Bonchev–Trinajstić information content (AvgIpc) is 2.75. The van der Waals surface area contributed by atoms with Crippen molar-refractivity contribution in [1.82, 2.24) is 9.80 Å². The number of anilines is 1. The van der Waals surface area contributed by atoms with Crippen molar-refractivity contribution < 1.29 is 14.3 Å². The van der Waals surface area contributed by atoms with Crippen molar-refractivity contribution >= 4 is 23.2 Å². The van der Waals surface area contributed by atoms with E-state index in [9.17, 15) is 4.79 Å². The number of carbonyl (C=O) groups excluding carboxylic acids is 1. The molecule has 2 aromatic rings. The van der Waals surface area contributed by atoms with Crippen molar-refractivity contribution in [3.05, 3.63) is 53.1 Å². The number of para-hydroxylation sites is 1. The number of halogens is 1. The number of amides is 1. The summed E-state index contributed by atoms with van der Waals surface area (Å²) < 4.78 is 10.8. The van der Waals surface area contributed by atoms with Gasteiger partial charge in [0, 0.05) is 38.3 Å². The summed E-state index contributed by atoms with van der Waals surface area (Å²) in [6.45, 7) is 6.13. The van der Waals surface area contributed by atoms with Crippen LogP contribution in [-0.4, -0.2) is 62.1 Å². The SMILES string of the molecule is COc1ccc(OC)c(CN2CCN(C(C)C(=O)Nc3ccccc3Cl)CC2)c1. The zero-order valence-electron chi connectivity index (χ0n) is 17.2. The van der Waals surface area contributed by atoms with Crippen LogP contribution in [0.4, 0.5) is 5.69 Å². The molecular formula is C22H28ClN3O3. The van der Waals surface area contributed by atoms with Gasteiger partial charge in [0.1, 0.15) is 11.5 Å². The van der Waals surface area contributed by atoms with Gasteiger partial charge in [0.2, 0.25) is 5.91 Å². The molecule has 0 aromatic heterocycles. The number of ether oxygens (including phenoxy) is 2. The Bertz CT molecular complexity index is 838. The third-order valence-electron chi connectivity index (χ3n) is 5.35. The Labute approximate surface area is 177 Å². The molecule has 0 spiro atoms. The summed E-state index contributed by atoms with van der Waals surface area (Å²) in [5.41, 5.74) is 1.75. The number of nitrogens with one attached hydrogen (secondary N) is 1. The van der Waals surface area contributed by atoms with Crippen molar-refractivity contribution in [2.75, 3.05) is 45.7 Å². The first-order valence-corrected chi connectivity index (χ1v) is 10.1. The molecule has 1 saturated heterocycles. The van der Waals surface area contributed by atoms with E-state index in [1.54, 1.807) is 20.3 Å². The quantitative estimate of drug-likeness (QED) is 0.747. The van der Waals surface area contributed by atoms with Gasteiger partial charge in [-0.3, -0.25) is 14.6 Å². The van der Waals surface area contributed by atoms with Gasteiger partial charge in [-0.25, -0.2) is 0 Å². The molecule has 1 unspecified atom stereocenters. The van der Waals surface area contributed by atoms with Crippen LogP contribution in [0.15, 0.2) is 42.5 Å². The van der Waals surface area contributed by atoms with Gasteiger partial charge < -0.3 is 14.8 Å². The molecule has 1 aliphatic heterocycles. The molecule has 6 nitrogen and oxygen atoms in total. The van der Waals surface area contributed by atoms with Crippen LogP contribution < -0.4 is 14.8 Å². The van der Waals surface area contributed by atoms with Crippen LogP contribution >= 0.6 is 11.6 Å². The number of rotatable bonds is 7. The molecule has 2 aromatic carbocycles. The summed E-state index contributed by atoms with van der Waals surface area (Å²) in [7, 11) is 3.35. The number of methoxy groups -OCH3 is 2. The molecule has 1 heterocycles. The molecule has 1 amide bonds. The molecule has 29 heavy (non-hydrogen) atoms. The highest BCUT2D eigenvalue weighted by Gasteiger charge is 2.26. The van der Waals surface area contributed by atoms with Gasteiger partial charge in [-0.2, -0.15) is 0 Å². The van der Waals surface area contributed by atoms with Crippen molar-refractivity contribution in [3.63, 3.8) is 0 Å². The standard InChI is InChI=1S/C22H28ClN3O3/c1-16(22(27)24-20-7-5-4-6-19(20)23)26-12-10-25(11-13-26)15-17-14-18(28-2)8-9-21(17)29-3/h4-9,14,16H,10-13,15H2,1-3H3,(H,24,27). The summed E-state index contributed by atoms with van der Waals surface area (Å²) in [6, 6.07) is 12.9. The fraction of sp³-hybridized carbons (Fsp3) is 0.409. The van der Waals surface area contributed by atoms with Gasteiger partial charge in [-0.15, -0.1) is 0 Å². The Hall–Kier alpha value is -2.28. The lowest BCUT2D eigenvalue weighted by molar-refractivity contribution is -0.121. The molecule has 0 radical (unpaired) electrons. The summed E-state index contributed by atoms with van der Waals surface area (Å²) in [5.74, 6) is 1.64. The highest BCUT2D eigenvalue weighted by Crippen LogP contribution is 2.26. The Morgan fingerprint density at radius 1 is 1.10 bits per heavy atom. The monoisotopic (exact) mass is 417 g/mol. The van der Waals surface area contributed by atoms with E-state index in [4.69, 9.17) is 21.1 Å². The molecule has 7 heteroatoms. The van der Waals surface area contributed by atoms with Crippen molar-refractivity contribution in [1.29, 1.82) is 0 Å². The van der Waals surface area contributed by atoms with E-state index in [2.05, 4.69) is 15.1 Å². The lowest BCUT2D eigenvalue weighted by Gasteiger charge is -2.37. The first-order valence-electron chi connectivity index (χ1n) is 9.74. The summed E-state index contributed by atoms with van der Waals surface area (Å²) in [6.07, 6.45) is 0. The van der Waals surface area contributed by atoms with Gasteiger partial charge in [0.15, 0.2) is 0 Å². The van der Waals surface area contributed by atoms with Crippen LogP contribution in [0.5, 0.6) is 11.5 Å². The zero-order valence-corrected chi connectivity index (χ0v) is 17.9. The maximum Gasteiger partial charge on any atom is 0.241 e. The van der Waals surface area contributed by atoms with Gasteiger partial charge in [0.25, 0.3) is 0 Å². The van der Waals surface area contributed by atoms with Crippen LogP contribution in [0, 0.1) is 0 Å². The normalized spacial score (nSPS) is 16.3. The first-order chi connectivity index (χ1) is 14.0. The van der Waals surface area contributed by atoms with E-state index in [0.29, 0.717) is 10.7 Å². The molecule has 1 atom stereocenters. The lowest BCUT2D eigenvalue weighted by Crippen LogP contribution is -2.52. The van der Waals surface area contributed by atoms with E-state index >= 15 is 0 Å².